The maximum atomic E-state index is 11.3. The van der Waals surface area contributed by atoms with Gasteiger partial charge in [0.1, 0.15) is 17.4 Å². The highest BCUT2D eigenvalue weighted by molar-refractivity contribution is 5.93. The first kappa shape index (κ1) is 16.9. The standard InChI is InChI=1S/C14H18O7/c1-3-21-11(16)7-9(15)13(17)8-5-4-6-10(20-2)12(8)14(18)19/h4-6,9,13,15,17H,3,7H2,1-2H3,(H,18,19). The largest absolute Gasteiger partial charge is 0.496 e. The van der Waals surface area contributed by atoms with Crippen LogP contribution in [0.3, 0.4) is 0 Å². The summed E-state index contributed by atoms with van der Waals surface area (Å²) >= 11 is 0. The van der Waals surface area contributed by atoms with Gasteiger partial charge in [-0.3, -0.25) is 4.79 Å². The van der Waals surface area contributed by atoms with Crippen molar-refractivity contribution in [2.24, 2.45) is 0 Å². The van der Waals surface area contributed by atoms with Crippen molar-refractivity contribution >= 4 is 11.9 Å². The Morgan fingerprint density at radius 1 is 1.29 bits per heavy atom. The predicted octanol–water partition coefficient (Wildman–Crippen LogP) is 0.741. The number of benzene rings is 1. The molecule has 0 amide bonds. The van der Waals surface area contributed by atoms with Crippen molar-refractivity contribution in [3.8, 4) is 5.75 Å². The number of aliphatic hydroxyl groups excluding tert-OH is 2. The SMILES string of the molecule is CCOC(=O)CC(O)C(O)c1cccc(OC)c1C(=O)O. The van der Waals surface area contributed by atoms with E-state index in [0.717, 1.165) is 0 Å². The summed E-state index contributed by atoms with van der Waals surface area (Å²) in [4.78, 5) is 22.6. The second-order valence-electron chi connectivity index (χ2n) is 4.25. The van der Waals surface area contributed by atoms with Crippen molar-refractivity contribution in [1.82, 2.24) is 0 Å². The van der Waals surface area contributed by atoms with Gasteiger partial charge in [-0.1, -0.05) is 12.1 Å². The van der Waals surface area contributed by atoms with Gasteiger partial charge in [-0.2, -0.15) is 0 Å². The van der Waals surface area contributed by atoms with Gasteiger partial charge in [0.05, 0.1) is 26.2 Å². The maximum absolute atomic E-state index is 11.3. The third kappa shape index (κ3) is 4.17. The predicted molar refractivity (Wildman–Crippen MR) is 72.2 cm³/mol. The lowest BCUT2D eigenvalue weighted by molar-refractivity contribution is -0.147. The number of carboxylic acid groups (broad SMARTS) is 1. The van der Waals surface area contributed by atoms with Crippen molar-refractivity contribution in [2.45, 2.75) is 25.6 Å². The number of rotatable bonds is 7. The van der Waals surface area contributed by atoms with E-state index in [1.807, 2.05) is 0 Å². The van der Waals surface area contributed by atoms with Crippen LogP contribution in [-0.4, -0.2) is 47.1 Å². The molecule has 2 atom stereocenters. The van der Waals surface area contributed by atoms with Crippen LogP contribution in [0.1, 0.15) is 35.4 Å². The van der Waals surface area contributed by atoms with Crippen LogP contribution in [0.25, 0.3) is 0 Å². The summed E-state index contributed by atoms with van der Waals surface area (Å²) < 4.78 is 9.60. The van der Waals surface area contributed by atoms with Crippen molar-refractivity contribution in [3.05, 3.63) is 29.3 Å². The van der Waals surface area contributed by atoms with E-state index in [2.05, 4.69) is 4.74 Å². The Balaban J connectivity index is 3.04. The molecule has 0 aromatic heterocycles. The van der Waals surface area contributed by atoms with E-state index in [4.69, 9.17) is 4.74 Å². The number of carbonyl (C=O) groups is 2. The number of hydrogen-bond donors (Lipinski definition) is 3. The van der Waals surface area contributed by atoms with Crippen LogP contribution in [0, 0.1) is 0 Å². The average Bonchev–Trinajstić information content (AvgIpc) is 2.45. The molecule has 0 aliphatic heterocycles. The van der Waals surface area contributed by atoms with Gasteiger partial charge in [0, 0.05) is 5.56 Å². The normalized spacial score (nSPS) is 13.3. The van der Waals surface area contributed by atoms with E-state index in [0.29, 0.717) is 0 Å². The fourth-order valence-electron chi connectivity index (χ4n) is 1.90. The number of carbonyl (C=O) groups excluding carboxylic acids is 1. The number of hydrogen-bond acceptors (Lipinski definition) is 6. The van der Waals surface area contributed by atoms with Gasteiger partial charge >= 0.3 is 11.9 Å². The van der Waals surface area contributed by atoms with Gasteiger partial charge in [-0.05, 0) is 13.0 Å². The number of carboxylic acids is 1. The zero-order valence-corrected chi connectivity index (χ0v) is 11.8. The van der Waals surface area contributed by atoms with Crippen LogP contribution in [-0.2, 0) is 9.53 Å². The van der Waals surface area contributed by atoms with Crippen LogP contribution in [0.5, 0.6) is 5.75 Å². The quantitative estimate of drug-likeness (QED) is 0.636. The second kappa shape index (κ2) is 7.61. The molecule has 0 bridgehead atoms. The molecule has 116 valence electrons. The molecule has 21 heavy (non-hydrogen) atoms. The van der Waals surface area contributed by atoms with Crippen molar-refractivity contribution in [2.75, 3.05) is 13.7 Å². The van der Waals surface area contributed by atoms with E-state index in [9.17, 15) is 24.9 Å². The first-order chi connectivity index (χ1) is 9.92. The molecule has 0 heterocycles. The van der Waals surface area contributed by atoms with Gasteiger partial charge < -0.3 is 24.8 Å². The molecule has 0 aliphatic carbocycles. The lowest BCUT2D eigenvalue weighted by atomic mass is 9.96. The molecule has 0 saturated heterocycles. The monoisotopic (exact) mass is 298 g/mol. The summed E-state index contributed by atoms with van der Waals surface area (Å²) in [6, 6.07) is 4.27. The summed E-state index contributed by atoms with van der Waals surface area (Å²) in [5, 5.41) is 29.1. The molecular formula is C14H18O7. The topological polar surface area (TPSA) is 113 Å². The Morgan fingerprint density at radius 3 is 2.48 bits per heavy atom. The van der Waals surface area contributed by atoms with E-state index < -0.39 is 30.6 Å². The molecule has 3 N–H and O–H groups in total. The number of aliphatic hydroxyl groups is 2. The summed E-state index contributed by atoms with van der Waals surface area (Å²) in [7, 11) is 1.30. The molecule has 7 nitrogen and oxygen atoms in total. The Morgan fingerprint density at radius 2 is 1.95 bits per heavy atom. The average molecular weight is 298 g/mol. The van der Waals surface area contributed by atoms with Crippen molar-refractivity contribution < 1.29 is 34.4 Å². The van der Waals surface area contributed by atoms with Crippen LogP contribution in [0.15, 0.2) is 18.2 Å². The summed E-state index contributed by atoms with van der Waals surface area (Å²) in [6.07, 6.45) is -3.46. The minimum Gasteiger partial charge on any atom is -0.496 e. The fraction of sp³-hybridized carbons (Fsp3) is 0.429. The van der Waals surface area contributed by atoms with Crippen molar-refractivity contribution in [3.63, 3.8) is 0 Å². The third-order valence-corrected chi connectivity index (χ3v) is 2.86. The highest BCUT2D eigenvalue weighted by Gasteiger charge is 2.28. The number of esters is 1. The Kier molecular flexibility index (Phi) is 6.13. The summed E-state index contributed by atoms with van der Waals surface area (Å²) in [5.74, 6) is -1.92. The molecule has 0 spiro atoms. The van der Waals surface area contributed by atoms with Gasteiger partial charge in [-0.25, -0.2) is 4.79 Å². The fourth-order valence-corrected chi connectivity index (χ4v) is 1.90. The molecule has 0 aliphatic rings. The molecular weight excluding hydrogens is 280 g/mol. The first-order valence-corrected chi connectivity index (χ1v) is 6.34. The lowest BCUT2D eigenvalue weighted by Gasteiger charge is -2.20. The number of methoxy groups -OCH3 is 1. The van der Waals surface area contributed by atoms with Crippen LogP contribution < -0.4 is 4.74 Å². The summed E-state index contributed by atoms with van der Waals surface area (Å²) in [5.41, 5.74) is -0.283. The van der Waals surface area contributed by atoms with Gasteiger partial charge in [0.2, 0.25) is 0 Å². The van der Waals surface area contributed by atoms with Crippen molar-refractivity contribution in [1.29, 1.82) is 0 Å². The van der Waals surface area contributed by atoms with Gasteiger partial charge in [-0.15, -0.1) is 0 Å². The molecule has 7 heteroatoms. The molecule has 1 aromatic carbocycles. The Labute approximate surface area is 121 Å². The van der Waals surface area contributed by atoms with Gasteiger partial charge in [0.15, 0.2) is 0 Å². The smallest absolute Gasteiger partial charge is 0.339 e. The number of ether oxygens (including phenoxy) is 2. The molecule has 0 saturated carbocycles. The van der Waals surface area contributed by atoms with E-state index in [1.165, 1.54) is 25.3 Å². The zero-order valence-electron chi connectivity index (χ0n) is 11.8. The van der Waals surface area contributed by atoms with Crippen LogP contribution in [0.2, 0.25) is 0 Å². The third-order valence-electron chi connectivity index (χ3n) is 2.86. The highest BCUT2D eigenvalue weighted by atomic mass is 16.5. The molecule has 0 fully saturated rings. The highest BCUT2D eigenvalue weighted by Crippen LogP contribution is 2.29. The van der Waals surface area contributed by atoms with Crippen LogP contribution >= 0.6 is 0 Å². The molecule has 2 unspecified atom stereocenters. The molecule has 0 radical (unpaired) electrons. The van der Waals surface area contributed by atoms with E-state index >= 15 is 0 Å². The van der Waals surface area contributed by atoms with Gasteiger partial charge in [0.25, 0.3) is 0 Å². The van der Waals surface area contributed by atoms with E-state index in [-0.39, 0.29) is 23.5 Å². The molecule has 1 aromatic rings. The Bertz CT molecular complexity index is 512. The Hall–Kier alpha value is -2.12. The second-order valence-corrected chi connectivity index (χ2v) is 4.25. The zero-order chi connectivity index (χ0) is 16.0. The van der Waals surface area contributed by atoms with Crippen LogP contribution in [0.4, 0.5) is 0 Å². The first-order valence-electron chi connectivity index (χ1n) is 6.34. The molecule has 1 rings (SSSR count). The summed E-state index contributed by atoms with van der Waals surface area (Å²) in [6.45, 7) is 1.77. The minimum absolute atomic E-state index is 0.0290. The maximum Gasteiger partial charge on any atom is 0.339 e. The minimum atomic E-state index is -1.55. The lowest BCUT2D eigenvalue weighted by Crippen LogP contribution is -2.24. The number of aromatic carboxylic acids is 1. The van der Waals surface area contributed by atoms with E-state index in [1.54, 1.807) is 6.92 Å².